The highest BCUT2D eigenvalue weighted by Gasteiger charge is 2.10. The van der Waals surface area contributed by atoms with Crippen LogP contribution >= 0.6 is 0 Å². The van der Waals surface area contributed by atoms with Crippen molar-refractivity contribution < 1.29 is 9.53 Å². The smallest absolute Gasteiger partial charge is 0.338 e. The van der Waals surface area contributed by atoms with Crippen LogP contribution in [0.4, 0.5) is 0 Å². The summed E-state index contributed by atoms with van der Waals surface area (Å²) in [5.74, 6) is -0.456. The van der Waals surface area contributed by atoms with Gasteiger partial charge in [0.05, 0.1) is 11.3 Å². The summed E-state index contributed by atoms with van der Waals surface area (Å²) in [4.78, 5) is 28.8. The van der Waals surface area contributed by atoms with Crippen LogP contribution in [0.2, 0.25) is 0 Å². The average Bonchev–Trinajstić information content (AvgIpc) is 3.04. The van der Waals surface area contributed by atoms with E-state index in [2.05, 4.69) is 21.7 Å². The van der Waals surface area contributed by atoms with Crippen molar-refractivity contribution in [2.75, 3.05) is 0 Å². The molecule has 6 nitrogen and oxygen atoms in total. The van der Waals surface area contributed by atoms with Crippen molar-refractivity contribution in [2.24, 2.45) is 0 Å². The van der Waals surface area contributed by atoms with E-state index in [0.717, 1.165) is 17.1 Å². The van der Waals surface area contributed by atoms with Gasteiger partial charge in [-0.2, -0.15) is 0 Å². The Labute approximate surface area is 161 Å². The zero-order valence-electron chi connectivity index (χ0n) is 15.6. The SMILES string of the molecule is Cc1ccc(C)n1-c1ccc(C(=O)OCc2cc(=O)n3ccccc3n2)cc1. The van der Waals surface area contributed by atoms with Crippen LogP contribution in [0, 0.1) is 13.8 Å². The largest absolute Gasteiger partial charge is 0.456 e. The van der Waals surface area contributed by atoms with E-state index in [1.165, 1.54) is 10.5 Å². The number of pyridine rings is 1. The summed E-state index contributed by atoms with van der Waals surface area (Å²) in [6, 6.07) is 18.0. The normalized spacial score (nSPS) is 10.9. The lowest BCUT2D eigenvalue weighted by Crippen LogP contribution is -2.16. The highest BCUT2D eigenvalue weighted by Crippen LogP contribution is 2.17. The molecule has 0 aliphatic rings. The summed E-state index contributed by atoms with van der Waals surface area (Å²) in [6.07, 6.45) is 1.65. The minimum absolute atomic E-state index is 0.0585. The molecule has 1 aromatic carbocycles. The van der Waals surface area contributed by atoms with Crippen molar-refractivity contribution >= 4 is 11.6 Å². The number of hydrogen-bond acceptors (Lipinski definition) is 4. The number of rotatable bonds is 4. The Bertz CT molecular complexity index is 1200. The molecule has 0 spiro atoms. The van der Waals surface area contributed by atoms with Crippen LogP contribution in [0.25, 0.3) is 11.3 Å². The number of aryl methyl sites for hydroxylation is 2. The van der Waals surface area contributed by atoms with E-state index in [1.807, 2.05) is 26.0 Å². The first-order chi connectivity index (χ1) is 13.5. The van der Waals surface area contributed by atoms with Gasteiger partial charge in [-0.15, -0.1) is 0 Å². The number of benzene rings is 1. The number of carbonyl (C=O) groups is 1. The Morgan fingerprint density at radius 3 is 2.43 bits per heavy atom. The number of esters is 1. The molecule has 0 unspecified atom stereocenters. The molecule has 0 amide bonds. The van der Waals surface area contributed by atoms with Gasteiger partial charge in [0.25, 0.3) is 5.56 Å². The maximum atomic E-state index is 12.4. The third-order valence-corrected chi connectivity index (χ3v) is 4.61. The summed E-state index contributed by atoms with van der Waals surface area (Å²) in [7, 11) is 0. The van der Waals surface area contributed by atoms with Crippen molar-refractivity contribution in [2.45, 2.75) is 20.5 Å². The molecule has 4 rings (SSSR count). The van der Waals surface area contributed by atoms with Crippen LogP contribution in [-0.2, 0) is 11.3 Å². The van der Waals surface area contributed by atoms with Gasteiger partial charge < -0.3 is 9.30 Å². The fourth-order valence-corrected chi connectivity index (χ4v) is 3.22. The topological polar surface area (TPSA) is 65.6 Å². The van der Waals surface area contributed by atoms with Gasteiger partial charge in [-0.3, -0.25) is 9.20 Å². The molecule has 0 aliphatic heterocycles. The second-order valence-corrected chi connectivity index (χ2v) is 6.59. The Kier molecular flexibility index (Phi) is 4.53. The summed E-state index contributed by atoms with van der Waals surface area (Å²) in [6.45, 7) is 4.01. The molecule has 0 aliphatic carbocycles. The van der Waals surface area contributed by atoms with Gasteiger partial charge in [0, 0.05) is 29.3 Å². The molecule has 4 aromatic rings. The van der Waals surface area contributed by atoms with Crippen molar-refractivity contribution in [3.63, 3.8) is 0 Å². The molecule has 140 valence electrons. The van der Waals surface area contributed by atoms with E-state index >= 15 is 0 Å². The average molecular weight is 373 g/mol. The molecule has 3 aromatic heterocycles. The first kappa shape index (κ1) is 17.7. The van der Waals surface area contributed by atoms with E-state index < -0.39 is 5.97 Å². The van der Waals surface area contributed by atoms with E-state index in [-0.39, 0.29) is 12.2 Å². The molecule has 3 heterocycles. The van der Waals surface area contributed by atoms with Gasteiger partial charge in [0.2, 0.25) is 0 Å². The van der Waals surface area contributed by atoms with Gasteiger partial charge in [0.1, 0.15) is 12.3 Å². The van der Waals surface area contributed by atoms with Crippen molar-refractivity contribution in [1.29, 1.82) is 0 Å². The Hall–Kier alpha value is -3.67. The van der Waals surface area contributed by atoms with Gasteiger partial charge in [-0.05, 0) is 62.4 Å². The van der Waals surface area contributed by atoms with Crippen molar-refractivity contribution in [3.8, 4) is 5.69 Å². The molecule has 28 heavy (non-hydrogen) atoms. The Balaban J connectivity index is 1.49. The van der Waals surface area contributed by atoms with E-state index in [0.29, 0.717) is 16.9 Å². The fraction of sp³-hybridized carbons (Fsp3) is 0.136. The van der Waals surface area contributed by atoms with Gasteiger partial charge in [0.15, 0.2) is 0 Å². The van der Waals surface area contributed by atoms with Crippen molar-refractivity contribution in [3.05, 3.63) is 99.9 Å². The number of ether oxygens (including phenoxy) is 1. The van der Waals surface area contributed by atoms with Crippen LogP contribution in [0.1, 0.15) is 27.4 Å². The van der Waals surface area contributed by atoms with Crippen molar-refractivity contribution in [1.82, 2.24) is 14.0 Å². The molecule has 0 atom stereocenters. The molecule has 0 bridgehead atoms. The molecule has 0 saturated carbocycles. The third kappa shape index (κ3) is 3.32. The zero-order chi connectivity index (χ0) is 19.7. The summed E-state index contributed by atoms with van der Waals surface area (Å²) < 4.78 is 8.89. The van der Waals surface area contributed by atoms with Crippen LogP contribution < -0.4 is 5.56 Å². The van der Waals surface area contributed by atoms with Gasteiger partial charge >= 0.3 is 5.97 Å². The summed E-state index contributed by atoms with van der Waals surface area (Å²) in [5.41, 5.74) is 4.41. The van der Waals surface area contributed by atoms with Gasteiger partial charge in [-0.1, -0.05) is 6.07 Å². The second-order valence-electron chi connectivity index (χ2n) is 6.59. The molecule has 6 heteroatoms. The summed E-state index contributed by atoms with van der Waals surface area (Å²) in [5, 5.41) is 0. The van der Waals surface area contributed by atoms with Crippen LogP contribution in [0.15, 0.2) is 71.7 Å². The number of nitrogens with zero attached hydrogens (tertiary/aromatic N) is 3. The van der Waals surface area contributed by atoms with Gasteiger partial charge in [-0.25, -0.2) is 9.78 Å². The van der Waals surface area contributed by atoms with Crippen LogP contribution in [0.5, 0.6) is 0 Å². The number of hydrogen-bond donors (Lipinski definition) is 0. The minimum atomic E-state index is -0.456. The highest BCUT2D eigenvalue weighted by atomic mass is 16.5. The molecule has 0 N–H and O–H groups in total. The second kappa shape index (κ2) is 7.15. The monoisotopic (exact) mass is 373 g/mol. The Morgan fingerprint density at radius 2 is 1.71 bits per heavy atom. The van der Waals surface area contributed by atoms with E-state index in [9.17, 15) is 9.59 Å². The molecule has 0 radical (unpaired) electrons. The predicted molar refractivity (Wildman–Crippen MR) is 106 cm³/mol. The number of carbonyl (C=O) groups excluding carboxylic acids is 1. The first-order valence-electron chi connectivity index (χ1n) is 8.93. The Morgan fingerprint density at radius 1 is 1.00 bits per heavy atom. The molecular weight excluding hydrogens is 354 g/mol. The first-order valence-corrected chi connectivity index (χ1v) is 8.93. The molecule has 0 fully saturated rings. The maximum Gasteiger partial charge on any atom is 0.338 e. The molecular formula is C22H19N3O3. The molecule has 0 saturated heterocycles. The summed E-state index contributed by atoms with van der Waals surface area (Å²) >= 11 is 0. The van der Waals surface area contributed by atoms with E-state index in [1.54, 1.807) is 36.5 Å². The quantitative estimate of drug-likeness (QED) is 0.514. The van der Waals surface area contributed by atoms with Crippen LogP contribution in [-0.4, -0.2) is 19.9 Å². The lowest BCUT2D eigenvalue weighted by molar-refractivity contribution is 0.0467. The third-order valence-electron chi connectivity index (χ3n) is 4.61. The standard InChI is InChI=1S/C22H19N3O3/c1-15-6-7-16(2)25(15)19-10-8-17(9-11-19)22(27)28-14-18-13-21(26)24-12-4-3-5-20(24)23-18/h3-13H,14H2,1-2H3. The highest BCUT2D eigenvalue weighted by molar-refractivity contribution is 5.89. The maximum absolute atomic E-state index is 12.4. The number of aromatic nitrogens is 3. The number of fused-ring (bicyclic) bond motifs is 1. The van der Waals surface area contributed by atoms with Crippen LogP contribution in [0.3, 0.4) is 0 Å². The fourth-order valence-electron chi connectivity index (χ4n) is 3.22. The predicted octanol–water partition coefficient (Wildman–Crippen LogP) is 3.46. The lowest BCUT2D eigenvalue weighted by Gasteiger charge is -2.10. The van der Waals surface area contributed by atoms with E-state index in [4.69, 9.17) is 4.74 Å². The zero-order valence-corrected chi connectivity index (χ0v) is 15.6. The minimum Gasteiger partial charge on any atom is -0.456 e. The lowest BCUT2D eigenvalue weighted by atomic mass is 10.2.